The third-order valence-corrected chi connectivity index (χ3v) is 1.60. The molecule has 3 N–H and O–H groups in total. The van der Waals surface area contributed by atoms with Gasteiger partial charge in [-0.05, 0) is 12.1 Å². The quantitative estimate of drug-likeness (QED) is 0.511. The van der Waals surface area contributed by atoms with Crippen molar-refractivity contribution in [1.82, 2.24) is 0 Å². The van der Waals surface area contributed by atoms with Crippen LogP contribution in [-0.2, 0) is 0 Å². The zero-order chi connectivity index (χ0) is 10.0. The molecule has 0 radical (unpaired) electrons. The molecule has 0 fully saturated rings. The molecule has 0 bridgehead atoms. The Balaban J connectivity index is 3.07. The van der Waals surface area contributed by atoms with Crippen molar-refractivity contribution in [1.29, 1.82) is 5.41 Å². The first-order valence-electron chi connectivity index (χ1n) is 3.54. The van der Waals surface area contributed by atoms with E-state index < -0.39 is 11.6 Å². The summed E-state index contributed by atoms with van der Waals surface area (Å²) in [4.78, 5) is 1.17. The minimum Gasteiger partial charge on any atom is -0.370 e. The summed E-state index contributed by atoms with van der Waals surface area (Å²) in [5, 5.41) is 7.04. The maximum atomic E-state index is 12.7. The molecule has 0 saturated carbocycles. The lowest BCUT2D eigenvalue weighted by molar-refractivity contribution is 0.583. The van der Waals surface area contributed by atoms with Crippen molar-refractivity contribution >= 4 is 11.6 Å². The minimum absolute atomic E-state index is 0.213. The Hall–Kier alpha value is -1.65. The lowest BCUT2D eigenvalue weighted by Crippen LogP contribution is -2.32. The van der Waals surface area contributed by atoms with Crippen molar-refractivity contribution in [2.75, 3.05) is 11.9 Å². The van der Waals surface area contributed by atoms with Crippen molar-refractivity contribution in [2.24, 2.45) is 5.73 Å². The summed E-state index contributed by atoms with van der Waals surface area (Å²) in [6, 6.07) is 2.96. The largest absolute Gasteiger partial charge is 0.370 e. The molecule has 0 unspecified atom stereocenters. The van der Waals surface area contributed by atoms with Gasteiger partial charge in [-0.3, -0.25) is 5.41 Å². The normalized spacial score (nSPS) is 9.77. The topological polar surface area (TPSA) is 53.1 Å². The van der Waals surface area contributed by atoms with Crippen molar-refractivity contribution < 1.29 is 8.78 Å². The van der Waals surface area contributed by atoms with E-state index in [-0.39, 0.29) is 11.6 Å². The van der Waals surface area contributed by atoms with Crippen LogP contribution in [-0.4, -0.2) is 13.0 Å². The maximum Gasteiger partial charge on any atom is 0.192 e. The molecule has 0 aliphatic carbocycles. The van der Waals surface area contributed by atoms with Crippen LogP contribution in [0.3, 0.4) is 0 Å². The first-order valence-corrected chi connectivity index (χ1v) is 3.54. The molecular formula is C8H9F2N3. The molecule has 1 aromatic carbocycles. The minimum atomic E-state index is -0.692. The molecule has 1 rings (SSSR count). The Morgan fingerprint density at radius 1 is 1.31 bits per heavy atom. The number of halogens is 2. The van der Waals surface area contributed by atoms with Crippen molar-refractivity contribution in [2.45, 2.75) is 0 Å². The molecule has 0 amide bonds. The van der Waals surface area contributed by atoms with Crippen molar-refractivity contribution in [3.05, 3.63) is 29.8 Å². The van der Waals surface area contributed by atoms with E-state index in [0.29, 0.717) is 0 Å². The molecule has 0 atom stereocenters. The number of guanidine groups is 1. The predicted molar refractivity (Wildman–Crippen MR) is 46.7 cm³/mol. The molecule has 1 aromatic rings. The molecule has 0 heterocycles. The highest BCUT2D eigenvalue weighted by atomic mass is 19.1. The molecule has 13 heavy (non-hydrogen) atoms. The smallest absolute Gasteiger partial charge is 0.192 e. The summed E-state index contributed by atoms with van der Waals surface area (Å²) < 4.78 is 25.3. The van der Waals surface area contributed by atoms with Gasteiger partial charge in [-0.25, -0.2) is 8.78 Å². The van der Waals surface area contributed by atoms with Crippen LogP contribution in [0.2, 0.25) is 0 Å². The fourth-order valence-electron chi connectivity index (χ4n) is 0.872. The zero-order valence-electron chi connectivity index (χ0n) is 7.01. The average molecular weight is 185 g/mol. The zero-order valence-corrected chi connectivity index (χ0v) is 7.01. The Morgan fingerprint density at radius 3 is 2.15 bits per heavy atom. The summed E-state index contributed by atoms with van der Waals surface area (Å²) in [5.41, 5.74) is 5.35. The number of hydrogen-bond donors (Lipinski definition) is 2. The lowest BCUT2D eigenvalue weighted by atomic mass is 10.3. The molecule has 5 heteroatoms. The number of hydrogen-bond acceptors (Lipinski definition) is 1. The Morgan fingerprint density at radius 2 is 1.77 bits per heavy atom. The molecular weight excluding hydrogens is 176 g/mol. The van der Waals surface area contributed by atoms with E-state index in [9.17, 15) is 8.78 Å². The summed E-state index contributed by atoms with van der Waals surface area (Å²) in [5.74, 6) is -1.66. The van der Waals surface area contributed by atoms with Gasteiger partial charge in [-0.2, -0.15) is 0 Å². The number of nitrogens with zero attached hydrogens (tertiary/aromatic N) is 1. The van der Waals surface area contributed by atoms with Gasteiger partial charge < -0.3 is 10.6 Å². The van der Waals surface area contributed by atoms with Crippen molar-refractivity contribution in [3.8, 4) is 0 Å². The first kappa shape index (κ1) is 9.44. The highest BCUT2D eigenvalue weighted by molar-refractivity contribution is 5.91. The molecule has 0 aliphatic rings. The fraction of sp³-hybridized carbons (Fsp3) is 0.125. The van der Waals surface area contributed by atoms with Crippen molar-refractivity contribution in [3.63, 3.8) is 0 Å². The van der Waals surface area contributed by atoms with Crippen LogP contribution in [0.5, 0.6) is 0 Å². The molecule has 0 saturated heterocycles. The summed E-state index contributed by atoms with van der Waals surface area (Å²) >= 11 is 0. The predicted octanol–water partition coefficient (Wildman–Crippen LogP) is 1.29. The van der Waals surface area contributed by atoms with Gasteiger partial charge in [-0.1, -0.05) is 0 Å². The third kappa shape index (κ3) is 2.14. The Kier molecular flexibility index (Phi) is 2.46. The summed E-state index contributed by atoms with van der Waals surface area (Å²) in [6.07, 6.45) is 0. The van der Waals surface area contributed by atoms with Crippen LogP contribution in [0.25, 0.3) is 0 Å². The third-order valence-electron chi connectivity index (χ3n) is 1.60. The Labute approximate surface area is 74.3 Å². The molecule has 0 aliphatic heterocycles. The molecule has 0 aromatic heterocycles. The van der Waals surface area contributed by atoms with Gasteiger partial charge >= 0.3 is 0 Å². The molecule has 70 valence electrons. The van der Waals surface area contributed by atoms with E-state index in [4.69, 9.17) is 11.1 Å². The van der Waals surface area contributed by atoms with Gasteiger partial charge in [0.05, 0.1) is 0 Å². The van der Waals surface area contributed by atoms with E-state index in [1.165, 1.54) is 11.9 Å². The summed E-state index contributed by atoms with van der Waals surface area (Å²) in [6.45, 7) is 0. The van der Waals surface area contributed by atoms with Crippen LogP contribution < -0.4 is 10.6 Å². The second kappa shape index (κ2) is 3.38. The number of nitrogens with two attached hydrogens (primary N) is 1. The van der Waals surface area contributed by atoms with Gasteiger partial charge in [0.25, 0.3) is 0 Å². The SMILES string of the molecule is CN(C(=N)N)c1cc(F)cc(F)c1. The number of rotatable bonds is 1. The Bertz CT molecular complexity index is 318. The number of anilines is 1. The average Bonchev–Trinajstić information content (AvgIpc) is 2.01. The molecule has 0 spiro atoms. The molecule has 3 nitrogen and oxygen atoms in total. The van der Waals surface area contributed by atoms with E-state index in [2.05, 4.69) is 0 Å². The van der Waals surface area contributed by atoms with Gasteiger partial charge in [-0.15, -0.1) is 0 Å². The van der Waals surface area contributed by atoms with Crippen LogP contribution in [0.4, 0.5) is 14.5 Å². The fourth-order valence-corrected chi connectivity index (χ4v) is 0.872. The van der Waals surface area contributed by atoms with Gasteiger partial charge in [0.2, 0.25) is 0 Å². The number of nitrogens with one attached hydrogen (secondary N) is 1. The second-order valence-corrected chi connectivity index (χ2v) is 2.57. The van der Waals surface area contributed by atoms with Gasteiger partial charge in [0.15, 0.2) is 5.96 Å². The van der Waals surface area contributed by atoms with Crippen LogP contribution >= 0.6 is 0 Å². The van der Waals surface area contributed by atoms with E-state index in [0.717, 1.165) is 18.2 Å². The maximum absolute atomic E-state index is 12.7. The van der Waals surface area contributed by atoms with E-state index in [1.54, 1.807) is 0 Å². The highest BCUT2D eigenvalue weighted by Crippen LogP contribution is 2.15. The first-order chi connectivity index (χ1) is 6.00. The summed E-state index contributed by atoms with van der Waals surface area (Å²) in [7, 11) is 1.45. The standard InChI is InChI=1S/C8H9F2N3/c1-13(8(11)12)7-3-5(9)2-6(10)4-7/h2-4H,1H3,(H3,11,12). The monoisotopic (exact) mass is 185 g/mol. The van der Waals surface area contributed by atoms with Crippen LogP contribution in [0.15, 0.2) is 18.2 Å². The van der Waals surface area contributed by atoms with Gasteiger partial charge in [0, 0.05) is 18.8 Å². The van der Waals surface area contributed by atoms with Crippen LogP contribution in [0, 0.1) is 17.0 Å². The van der Waals surface area contributed by atoms with Crippen LogP contribution in [0.1, 0.15) is 0 Å². The lowest BCUT2D eigenvalue weighted by Gasteiger charge is -2.16. The van der Waals surface area contributed by atoms with E-state index >= 15 is 0 Å². The number of benzene rings is 1. The highest BCUT2D eigenvalue weighted by Gasteiger charge is 2.06. The van der Waals surface area contributed by atoms with E-state index in [1.807, 2.05) is 0 Å². The second-order valence-electron chi connectivity index (χ2n) is 2.57. The van der Waals surface area contributed by atoms with Gasteiger partial charge in [0.1, 0.15) is 11.6 Å².